The van der Waals surface area contributed by atoms with E-state index >= 15 is 0 Å². The highest BCUT2D eigenvalue weighted by atomic mass is 32.2. The van der Waals surface area contributed by atoms with Gasteiger partial charge in [0.2, 0.25) is 5.91 Å². The van der Waals surface area contributed by atoms with Crippen LogP contribution in [0.2, 0.25) is 0 Å². The number of hydrogen-bond donors (Lipinski definition) is 2. The summed E-state index contributed by atoms with van der Waals surface area (Å²) in [6.45, 7) is 0. The lowest BCUT2D eigenvalue weighted by Gasteiger charge is -2.31. The predicted octanol–water partition coefficient (Wildman–Crippen LogP) is 2.97. The fraction of sp³-hybridized carbons (Fsp3) is 0.438. The molecule has 0 saturated heterocycles. The molecule has 2 aromatic rings. The molecule has 0 atom stereocenters. The third-order valence-electron chi connectivity index (χ3n) is 4.17. The minimum Gasteiger partial charge on any atom is -0.448 e. The number of nitrogens with one attached hydrogen (secondary N) is 2. The molecule has 1 saturated carbocycles. The normalized spacial score (nSPS) is 17.8. The van der Waals surface area contributed by atoms with Crippen LogP contribution in [0.15, 0.2) is 29.7 Å². The minimum absolute atomic E-state index is 0.109. The number of fused-ring (bicyclic) bond motifs is 1. The molecule has 0 unspecified atom stereocenters. The van der Waals surface area contributed by atoms with Crippen molar-refractivity contribution < 1.29 is 14.3 Å². The van der Waals surface area contributed by atoms with Gasteiger partial charge in [0, 0.05) is 24.6 Å². The Labute approximate surface area is 143 Å². The van der Waals surface area contributed by atoms with Crippen molar-refractivity contribution in [2.75, 3.05) is 11.1 Å². The van der Waals surface area contributed by atoms with Crippen LogP contribution in [0.25, 0.3) is 0 Å². The SMILES string of the molecule is O=C(CSc1ncn[nH]1)Nc1ccc2c(c1)OC1(CCCCC1)O2. The summed E-state index contributed by atoms with van der Waals surface area (Å²) >= 11 is 1.30. The molecule has 2 heterocycles. The quantitative estimate of drug-likeness (QED) is 0.828. The highest BCUT2D eigenvalue weighted by Crippen LogP contribution is 2.46. The van der Waals surface area contributed by atoms with Gasteiger partial charge in [-0.25, -0.2) is 4.98 Å². The zero-order valence-electron chi connectivity index (χ0n) is 13.1. The van der Waals surface area contributed by atoms with Crippen molar-refractivity contribution in [2.24, 2.45) is 0 Å². The van der Waals surface area contributed by atoms with Gasteiger partial charge in [0.15, 0.2) is 16.7 Å². The van der Waals surface area contributed by atoms with Gasteiger partial charge in [-0.2, -0.15) is 5.10 Å². The fourth-order valence-corrected chi connectivity index (χ4v) is 3.64. The lowest BCUT2D eigenvalue weighted by molar-refractivity contribution is -0.113. The molecule has 24 heavy (non-hydrogen) atoms. The molecule has 2 aliphatic rings. The third kappa shape index (κ3) is 3.19. The Bertz CT molecular complexity index is 729. The first-order valence-corrected chi connectivity index (χ1v) is 9.01. The van der Waals surface area contributed by atoms with E-state index in [-0.39, 0.29) is 11.7 Å². The van der Waals surface area contributed by atoms with E-state index in [4.69, 9.17) is 9.47 Å². The summed E-state index contributed by atoms with van der Waals surface area (Å²) in [7, 11) is 0. The first-order valence-electron chi connectivity index (χ1n) is 8.03. The molecule has 1 amide bonds. The van der Waals surface area contributed by atoms with Gasteiger partial charge in [-0.3, -0.25) is 9.89 Å². The minimum atomic E-state index is -0.495. The van der Waals surface area contributed by atoms with E-state index < -0.39 is 5.79 Å². The van der Waals surface area contributed by atoms with Crippen LogP contribution in [-0.4, -0.2) is 32.6 Å². The molecule has 2 N–H and O–H groups in total. The van der Waals surface area contributed by atoms with Crippen molar-refractivity contribution in [3.63, 3.8) is 0 Å². The summed E-state index contributed by atoms with van der Waals surface area (Å²) in [5, 5.41) is 9.94. The van der Waals surface area contributed by atoms with E-state index in [1.807, 2.05) is 18.2 Å². The van der Waals surface area contributed by atoms with Crippen molar-refractivity contribution in [1.29, 1.82) is 0 Å². The van der Waals surface area contributed by atoms with Gasteiger partial charge >= 0.3 is 0 Å². The van der Waals surface area contributed by atoms with Crippen LogP contribution in [0.4, 0.5) is 5.69 Å². The maximum atomic E-state index is 12.0. The number of anilines is 1. The van der Waals surface area contributed by atoms with Gasteiger partial charge < -0.3 is 14.8 Å². The van der Waals surface area contributed by atoms with Crippen LogP contribution < -0.4 is 14.8 Å². The molecule has 1 spiro atoms. The topological polar surface area (TPSA) is 89.1 Å². The third-order valence-corrected chi connectivity index (χ3v) is 5.04. The van der Waals surface area contributed by atoms with E-state index in [1.54, 1.807) is 0 Å². The molecule has 7 nitrogen and oxygen atoms in total. The molecular weight excluding hydrogens is 328 g/mol. The number of rotatable bonds is 4. The molecule has 1 aliphatic carbocycles. The standard InChI is InChI=1S/C16H18N4O3S/c21-14(9-24-15-17-10-18-20-15)19-11-4-5-12-13(8-11)23-16(22-12)6-2-1-3-7-16/h4-5,8,10H,1-3,6-7,9H2,(H,19,21)(H,17,18,20). The number of hydrogen-bond acceptors (Lipinski definition) is 6. The Hall–Kier alpha value is -2.22. The van der Waals surface area contributed by atoms with Crippen LogP contribution in [0, 0.1) is 0 Å². The summed E-state index contributed by atoms with van der Waals surface area (Å²) in [5.41, 5.74) is 0.702. The van der Waals surface area contributed by atoms with Crippen molar-refractivity contribution in [3.05, 3.63) is 24.5 Å². The first-order chi connectivity index (χ1) is 11.7. The number of benzene rings is 1. The molecular formula is C16H18N4O3S. The van der Waals surface area contributed by atoms with Gasteiger partial charge in [-0.05, 0) is 25.0 Å². The van der Waals surface area contributed by atoms with Crippen molar-refractivity contribution >= 4 is 23.4 Å². The van der Waals surface area contributed by atoms with E-state index in [2.05, 4.69) is 20.5 Å². The van der Waals surface area contributed by atoms with E-state index in [0.717, 1.165) is 31.4 Å². The molecule has 8 heteroatoms. The Morgan fingerprint density at radius 3 is 2.88 bits per heavy atom. The van der Waals surface area contributed by atoms with Crippen molar-refractivity contribution in [2.45, 2.75) is 43.0 Å². The lowest BCUT2D eigenvalue weighted by atomic mass is 9.94. The molecule has 1 aliphatic heterocycles. The van der Waals surface area contributed by atoms with Crippen LogP contribution >= 0.6 is 11.8 Å². The molecule has 0 bridgehead atoms. The van der Waals surface area contributed by atoms with Gasteiger partial charge in [-0.15, -0.1) is 0 Å². The van der Waals surface area contributed by atoms with E-state index in [9.17, 15) is 4.79 Å². The van der Waals surface area contributed by atoms with Crippen molar-refractivity contribution in [1.82, 2.24) is 15.2 Å². The maximum Gasteiger partial charge on any atom is 0.251 e. The van der Waals surface area contributed by atoms with Gasteiger partial charge in [0.1, 0.15) is 6.33 Å². The number of thioether (sulfide) groups is 1. The van der Waals surface area contributed by atoms with E-state index in [1.165, 1.54) is 24.5 Å². The zero-order chi connectivity index (χ0) is 16.4. The summed E-state index contributed by atoms with van der Waals surface area (Å²) in [6.07, 6.45) is 6.72. The van der Waals surface area contributed by atoms with Gasteiger partial charge in [0.05, 0.1) is 5.75 Å². The monoisotopic (exact) mass is 346 g/mol. The van der Waals surface area contributed by atoms with Crippen LogP contribution in [0.3, 0.4) is 0 Å². The molecule has 4 rings (SSSR count). The summed E-state index contributed by atoms with van der Waals surface area (Å²) < 4.78 is 12.1. The predicted molar refractivity (Wildman–Crippen MR) is 89.3 cm³/mol. The maximum absolute atomic E-state index is 12.0. The lowest BCUT2D eigenvalue weighted by Crippen LogP contribution is -2.40. The Morgan fingerprint density at radius 2 is 2.08 bits per heavy atom. The number of aromatic nitrogens is 3. The number of amides is 1. The van der Waals surface area contributed by atoms with Gasteiger partial charge in [-0.1, -0.05) is 18.2 Å². The summed E-state index contributed by atoms with van der Waals surface area (Å²) in [4.78, 5) is 16.0. The highest BCUT2D eigenvalue weighted by molar-refractivity contribution is 7.99. The summed E-state index contributed by atoms with van der Waals surface area (Å²) in [5.74, 6) is 1.12. The number of H-pyrrole nitrogens is 1. The zero-order valence-corrected chi connectivity index (χ0v) is 13.9. The van der Waals surface area contributed by atoms with Crippen LogP contribution in [0.1, 0.15) is 32.1 Å². The number of carbonyl (C=O) groups excluding carboxylic acids is 1. The second-order valence-corrected chi connectivity index (χ2v) is 6.93. The smallest absolute Gasteiger partial charge is 0.251 e. The number of carbonyl (C=O) groups is 1. The molecule has 126 valence electrons. The largest absolute Gasteiger partial charge is 0.448 e. The molecule has 1 aromatic heterocycles. The number of nitrogens with zero attached hydrogens (tertiary/aromatic N) is 2. The Balaban J connectivity index is 1.38. The Morgan fingerprint density at radius 1 is 1.25 bits per heavy atom. The Kier molecular flexibility index (Phi) is 4.05. The molecule has 1 fully saturated rings. The fourth-order valence-electron chi connectivity index (χ4n) is 3.06. The molecule has 0 radical (unpaired) electrons. The van der Waals surface area contributed by atoms with Gasteiger partial charge in [0.25, 0.3) is 5.79 Å². The van der Waals surface area contributed by atoms with Crippen LogP contribution in [0.5, 0.6) is 11.5 Å². The second kappa shape index (κ2) is 6.35. The first kappa shape index (κ1) is 15.3. The van der Waals surface area contributed by atoms with E-state index in [0.29, 0.717) is 16.6 Å². The second-order valence-electron chi connectivity index (χ2n) is 5.96. The average Bonchev–Trinajstić information content (AvgIpc) is 3.20. The van der Waals surface area contributed by atoms with Crippen molar-refractivity contribution in [3.8, 4) is 11.5 Å². The number of ether oxygens (including phenoxy) is 2. The highest BCUT2D eigenvalue weighted by Gasteiger charge is 2.42. The average molecular weight is 346 g/mol. The summed E-state index contributed by atoms with van der Waals surface area (Å²) in [6, 6.07) is 5.52. The number of aromatic amines is 1. The van der Waals surface area contributed by atoms with Crippen LogP contribution in [-0.2, 0) is 4.79 Å². The molecule has 1 aromatic carbocycles.